The molecule has 86 valence electrons. The lowest BCUT2D eigenvalue weighted by Crippen LogP contribution is -2.05. The first-order valence-electron chi connectivity index (χ1n) is 5.02. The number of carbonyl (C=O) groups is 1. The number of halogens is 1. The summed E-state index contributed by atoms with van der Waals surface area (Å²) >= 11 is 0. The molecule has 0 spiro atoms. The Morgan fingerprint density at radius 2 is 1.76 bits per heavy atom. The highest BCUT2D eigenvalue weighted by Gasteiger charge is 2.15. The molecule has 0 bridgehead atoms. The number of benzene rings is 2. The molecule has 0 aliphatic carbocycles. The van der Waals surface area contributed by atoms with Gasteiger partial charge in [-0.05, 0) is 24.3 Å². The third kappa shape index (κ3) is 2.42. The summed E-state index contributed by atoms with van der Waals surface area (Å²) in [6.07, 6.45) is 0. The van der Waals surface area contributed by atoms with E-state index < -0.39 is 11.8 Å². The molecule has 17 heavy (non-hydrogen) atoms. The van der Waals surface area contributed by atoms with Gasteiger partial charge in [0.05, 0.1) is 5.69 Å². The number of carboxylic acids is 1. The van der Waals surface area contributed by atoms with Crippen molar-refractivity contribution in [3.63, 3.8) is 0 Å². The van der Waals surface area contributed by atoms with Crippen molar-refractivity contribution in [3.05, 3.63) is 59.9 Å². The van der Waals surface area contributed by atoms with E-state index in [0.29, 0.717) is 5.69 Å². The van der Waals surface area contributed by atoms with Gasteiger partial charge in [0, 0.05) is 5.69 Å². The minimum atomic E-state index is -1.29. The maximum absolute atomic E-state index is 13.4. The van der Waals surface area contributed by atoms with Crippen molar-refractivity contribution in [2.45, 2.75) is 0 Å². The maximum Gasteiger partial charge on any atom is 0.340 e. The highest BCUT2D eigenvalue weighted by molar-refractivity contribution is 5.95. The Hall–Kier alpha value is -2.36. The highest BCUT2D eigenvalue weighted by Crippen LogP contribution is 2.23. The molecule has 0 amide bonds. The van der Waals surface area contributed by atoms with E-state index in [9.17, 15) is 9.18 Å². The summed E-state index contributed by atoms with van der Waals surface area (Å²) < 4.78 is 13.4. The molecular formula is C13H10FNO2. The van der Waals surface area contributed by atoms with E-state index in [-0.39, 0.29) is 11.3 Å². The number of aromatic carboxylic acids is 1. The summed E-state index contributed by atoms with van der Waals surface area (Å²) in [5, 5.41) is 11.8. The molecule has 0 aliphatic heterocycles. The Bertz CT molecular complexity index is 540. The molecule has 0 unspecified atom stereocenters. The zero-order chi connectivity index (χ0) is 12.3. The average molecular weight is 231 g/mol. The van der Waals surface area contributed by atoms with Gasteiger partial charge in [-0.2, -0.15) is 0 Å². The van der Waals surface area contributed by atoms with Gasteiger partial charge in [0.15, 0.2) is 0 Å². The van der Waals surface area contributed by atoms with E-state index >= 15 is 0 Å². The molecule has 2 aromatic carbocycles. The molecular weight excluding hydrogens is 221 g/mol. The van der Waals surface area contributed by atoms with Crippen molar-refractivity contribution in [1.29, 1.82) is 0 Å². The predicted molar refractivity (Wildman–Crippen MR) is 63.1 cm³/mol. The Morgan fingerprint density at radius 1 is 1.06 bits per heavy atom. The average Bonchev–Trinajstić information content (AvgIpc) is 2.30. The topological polar surface area (TPSA) is 49.3 Å². The van der Waals surface area contributed by atoms with Crippen LogP contribution in [0.5, 0.6) is 0 Å². The Kier molecular flexibility index (Phi) is 3.05. The van der Waals surface area contributed by atoms with Gasteiger partial charge in [-0.15, -0.1) is 0 Å². The highest BCUT2D eigenvalue weighted by atomic mass is 19.1. The summed E-state index contributed by atoms with van der Waals surface area (Å²) in [6, 6.07) is 13.1. The molecule has 0 heterocycles. The number of nitrogens with one attached hydrogen (secondary N) is 1. The minimum absolute atomic E-state index is 0.240. The monoisotopic (exact) mass is 231 g/mol. The molecule has 0 atom stereocenters. The SMILES string of the molecule is O=C(O)c1c(F)cccc1Nc1ccccc1. The van der Waals surface area contributed by atoms with Crippen molar-refractivity contribution in [3.8, 4) is 0 Å². The largest absolute Gasteiger partial charge is 0.478 e. The zero-order valence-corrected chi connectivity index (χ0v) is 8.85. The lowest BCUT2D eigenvalue weighted by molar-refractivity contribution is 0.0693. The second-order valence-electron chi connectivity index (χ2n) is 3.46. The van der Waals surface area contributed by atoms with Crippen molar-refractivity contribution in [2.24, 2.45) is 0 Å². The summed E-state index contributed by atoms with van der Waals surface area (Å²) in [5.74, 6) is -2.04. The Labute approximate surface area is 97.5 Å². The van der Waals surface area contributed by atoms with E-state index in [1.165, 1.54) is 12.1 Å². The Balaban J connectivity index is 2.40. The molecule has 3 nitrogen and oxygen atoms in total. The predicted octanol–water partition coefficient (Wildman–Crippen LogP) is 3.27. The summed E-state index contributed by atoms with van der Waals surface area (Å²) in [4.78, 5) is 11.0. The number of carboxylic acid groups (broad SMARTS) is 1. The second-order valence-corrected chi connectivity index (χ2v) is 3.46. The van der Waals surface area contributed by atoms with E-state index in [0.717, 1.165) is 6.07 Å². The summed E-state index contributed by atoms with van der Waals surface area (Å²) in [6.45, 7) is 0. The normalized spacial score (nSPS) is 9.94. The van der Waals surface area contributed by atoms with Gasteiger partial charge in [0.2, 0.25) is 0 Å². The third-order valence-corrected chi connectivity index (χ3v) is 2.28. The van der Waals surface area contributed by atoms with Crippen LogP contribution >= 0.6 is 0 Å². The van der Waals surface area contributed by atoms with E-state index in [1.54, 1.807) is 12.1 Å². The number of anilines is 2. The molecule has 2 aromatic rings. The van der Waals surface area contributed by atoms with E-state index in [2.05, 4.69) is 5.32 Å². The molecule has 0 fully saturated rings. The van der Waals surface area contributed by atoms with Crippen LogP contribution in [-0.4, -0.2) is 11.1 Å². The van der Waals surface area contributed by atoms with Crippen LogP contribution in [0.4, 0.5) is 15.8 Å². The summed E-state index contributed by atoms with van der Waals surface area (Å²) in [7, 11) is 0. The van der Waals surface area contributed by atoms with Crippen molar-refractivity contribution >= 4 is 17.3 Å². The van der Waals surface area contributed by atoms with Gasteiger partial charge in [-0.1, -0.05) is 24.3 Å². The van der Waals surface area contributed by atoms with Crippen LogP contribution in [0, 0.1) is 5.82 Å². The molecule has 0 saturated heterocycles. The van der Waals surface area contributed by atoms with Gasteiger partial charge in [0.1, 0.15) is 11.4 Å². The van der Waals surface area contributed by atoms with Crippen LogP contribution in [0.1, 0.15) is 10.4 Å². The zero-order valence-electron chi connectivity index (χ0n) is 8.85. The fourth-order valence-electron chi connectivity index (χ4n) is 1.52. The van der Waals surface area contributed by atoms with Crippen LogP contribution in [0.25, 0.3) is 0 Å². The lowest BCUT2D eigenvalue weighted by Gasteiger charge is -2.09. The molecule has 0 aromatic heterocycles. The van der Waals surface area contributed by atoms with Gasteiger partial charge < -0.3 is 10.4 Å². The smallest absolute Gasteiger partial charge is 0.340 e. The van der Waals surface area contributed by atoms with Crippen molar-refractivity contribution < 1.29 is 14.3 Å². The molecule has 0 radical (unpaired) electrons. The van der Waals surface area contributed by atoms with Crippen molar-refractivity contribution in [1.82, 2.24) is 0 Å². The minimum Gasteiger partial charge on any atom is -0.478 e. The fraction of sp³-hybridized carbons (Fsp3) is 0. The molecule has 4 heteroatoms. The van der Waals surface area contributed by atoms with Gasteiger partial charge in [0.25, 0.3) is 0 Å². The Morgan fingerprint density at radius 3 is 2.41 bits per heavy atom. The van der Waals surface area contributed by atoms with Crippen molar-refractivity contribution in [2.75, 3.05) is 5.32 Å². The number of rotatable bonds is 3. The summed E-state index contributed by atoms with van der Waals surface area (Å²) in [5.41, 5.74) is 0.598. The van der Waals surface area contributed by atoms with E-state index in [1.807, 2.05) is 18.2 Å². The molecule has 2 N–H and O–H groups in total. The molecule has 0 saturated carbocycles. The van der Waals surface area contributed by atoms with Crippen LogP contribution in [-0.2, 0) is 0 Å². The second kappa shape index (κ2) is 4.65. The number of hydrogen-bond donors (Lipinski definition) is 2. The quantitative estimate of drug-likeness (QED) is 0.852. The van der Waals surface area contributed by atoms with Crippen LogP contribution in [0.2, 0.25) is 0 Å². The molecule has 0 aliphatic rings. The van der Waals surface area contributed by atoms with Crippen LogP contribution in [0.15, 0.2) is 48.5 Å². The van der Waals surface area contributed by atoms with Gasteiger partial charge >= 0.3 is 5.97 Å². The van der Waals surface area contributed by atoms with Gasteiger partial charge in [-0.3, -0.25) is 0 Å². The van der Waals surface area contributed by atoms with E-state index in [4.69, 9.17) is 5.11 Å². The lowest BCUT2D eigenvalue weighted by atomic mass is 10.1. The third-order valence-electron chi connectivity index (χ3n) is 2.28. The maximum atomic E-state index is 13.4. The fourth-order valence-corrected chi connectivity index (χ4v) is 1.52. The number of hydrogen-bond acceptors (Lipinski definition) is 2. The first-order valence-corrected chi connectivity index (χ1v) is 5.02. The first-order chi connectivity index (χ1) is 8.18. The first kappa shape index (κ1) is 11.1. The van der Waals surface area contributed by atoms with Gasteiger partial charge in [-0.25, -0.2) is 9.18 Å². The number of para-hydroxylation sites is 1. The van der Waals surface area contributed by atoms with Crippen LogP contribution < -0.4 is 5.32 Å². The van der Waals surface area contributed by atoms with Crippen LogP contribution in [0.3, 0.4) is 0 Å². The molecule has 2 rings (SSSR count). The standard InChI is InChI=1S/C13H10FNO2/c14-10-7-4-8-11(12(10)13(16)17)15-9-5-2-1-3-6-9/h1-8,15H,(H,16,17).